The number of furan rings is 1. The maximum absolute atomic E-state index is 11.6. The first-order chi connectivity index (χ1) is 7.79. The minimum absolute atomic E-state index is 0.111. The number of carbonyl (C=O) groups is 1. The van der Waals surface area contributed by atoms with E-state index in [2.05, 4.69) is 17.1 Å². The molecule has 1 aromatic rings. The van der Waals surface area contributed by atoms with Crippen molar-refractivity contribution < 1.29 is 9.21 Å². The van der Waals surface area contributed by atoms with Gasteiger partial charge in [-0.25, -0.2) is 0 Å². The number of nitrogens with zero attached hydrogens (tertiary/aromatic N) is 1. The average Bonchev–Trinajstić information content (AvgIpc) is 2.96. The third-order valence-electron chi connectivity index (χ3n) is 3.11. The first-order valence-electron chi connectivity index (χ1n) is 5.83. The van der Waals surface area contributed by atoms with Crippen molar-refractivity contribution in [2.45, 2.75) is 13.3 Å². The fourth-order valence-electron chi connectivity index (χ4n) is 2.10. The Labute approximate surface area is 95.6 Å². The van der Waals surface area contributed by atoms with Gasteiger partial charge in [-0.2, -0.15) is 0 Å². The van der Waals surface area contributed by atoms with Gasteiger partial charge in [0.05, 0.1) is 6.26 Å². The van der Waals surface area contributed by atoms with Crippen LogP contribution in [-0.2, 0) is 0 Å². The van der Waals surface area contributed by atoms with E-state index in [0.29, 0.717) is 11.7 Å². The van der Waals surface area contributed by atoms with E-state index in [1.165, 1.54) is 12.7 Å². The summed E-state index contributed by atoms with van der Waals surface area (Å²) in [5.74, 6) is 0.865. The van der Waals surface area contributed by atoms with Crippen LogP contribution in [0.2, 0.25) is 0 Å². The number of likely N-dealkylation sites (tertiary alicyclic amines) is 1. The molecule has 1 N–H and O–H groups in total. The molecule has 1 fully saturated rings. The molecule has 0 aromatic carbocycles. The zero-order chi connectivity index (χ0) is 11.4. The Morgan fingerprint density at radius 3 is 3.19 bits per heavy atom. The SMILES string of the molecule is CCN1CCC(CNC(=O)c2ccco2)C1. The molecule has 1 aromatic heterocycles. The Bertz CT molecular complexity index is 335. The Morgan fingerprint density at radius 2 is 2.56 bits per heavy atom. The van der Waals surface area contributed by atoms with Gasteiger partial charge >= 0.3 is 0 Å². The van der Waals surface area contributed by atoms with E-state index in [9.17, 15) is 4.79 Å². The van der Waals surface area contributed by atoms with E-state index < -0.39 is 0 Å². The first kappa shape index (κ1) is 11.2. The monoisotopic (exact) mass is 222 g/mol. The molecule has 88 valence electrons. The molecule has 2 rings (SSSR count). The lowest BCUT2D eigenvalue weighted by molar-refractivity contribution is 0.0919. The fraction of sp³-hybridized carbons (Fsp3) is 0.583. The number of carbonyl (C=O) groups excluding carboxylic acids is 1. The molecule has 0 saturated carbocycles. The Hall–Kier alpha value is -1.29. The summed E-state index contributed by atoms with van der Waals surface area (Å²) in [5, 5.41) is 2.91. The van der Waals surface area contributed by atoms with Crippen LogP contribution in [0.15, 0.2) is 22.8 Å². The van der Waals surface area contributed by atoms with E-state index in [0.717, 1.165) is 26.2 Å². The van der Waals surface area contributed by atoms with Gasteiger partial charge in [-0.15, -0.1) is 0 Å². The Morgan fingerprint density at radius 1 is 1.69 bits per heavy atom. The minimum atomic E-state index is -0.111. The number of nitrogens with one attached hydrogen (secondary N) is 1. The standard InChI is InChI=1S/C12H18N2O2/c1-2-14-6-5-10(9-14)8-13-12(15)11-4-3-7-16-11/h3-4,7,10H,2,5-6,8-9H2,1H3,(H,13,15). The van der Waals surface area contributed by atoms with Crippen molar-refractivity contribution in [1.29, 1.82) is 0 Å². The fourth-order valence-corrected chi connectivity index (χ4v) is 2.10. The summed E-state index contributed by atoms with van der Waals surface area (Å²) in [4.78, 5) is 14.0. The molecular weight excluding hydrogens is 204 g/mol. The van der Waals surface area contributed by atoms with Crippen molar-refractivity contribution in [2.75, 3.05) is 26.2 Å². The molecule has 1 aliphatic heterocycles. The Kier molecular flexibility index (Phi) is 3.62. The second-order valence-corrected chi connectivity index (χ2v) is 4.24. The van der Waals surface area contributed by atoms with Crippen LogP contribution in [0.1, 0.15) is 23.9 Å². The van der Waals surface area contributed by atoms with Crippen LogP contribution >= 0.6 is 0 Å². The molecule has 4 nitrogen and oxygen atoms in total. The lowest BCUT2D eigenvalue weighted by Gasteiger charge is -2.13. The lowest BCUT2D eigenvalue weighted by atomic mass is 10.1. The molecule has 4 heteroatoms. The molecule has 0 bridgehead atoms. The van der Waals surface area contributed by atoms with Crippen molar-refractivity contribution in [3.8, 4) is 0 Å². The van der Waals surface area contributed by atoms with Crippen LogP contribution in [0, 0.1) is 5.92 Å². The number of amides is 1. The normalized spacial score (nSPS) is 21.2. The van der Waals surface area contributed by atoms with Crippen LogP contribution < -0.4 is 5.32 Å². The molecule has 16 heavy (non-hydrogen) atoms. The lowest BCUT2D eigenvalue weighted by Crippen LogP contribution is -2.30. The zero-order valence-corrected chi connectivity index (χ0v) is 9.61. The molecule has 1 amide bonds. The minimum Gasteiger partial charge on any atom is -0.459 e. The molecule has 1 aliphatic rings. The largest absolute Gasteiger partial charge is 0.459 e. The predicted molar refractivity (Wildman–Crippen MR) is 61.3 cm³/mol. The van der Waals surface area contributed by atoms with Gasteiger partial charge in [0.2, 0.25) is 0 Å². The number of rotatable bonds is 4. The molecule has 1 unspecified atom stereocenters. The predicted octanol–water partition coefficient (Wildman–Crippen LogP) is 1.35. The topological polar surface area (TPSA) is 45.5 Å². The highest BCUT2D eigenvalue weighted by Crippen LogP contribution is 2.14. The van der Waals surface area contributed by atoms with Crippen molar-refractivity contribution in [2.24, 2.45) is 5.92 Å². The van der Waals surface area contributed by atoms with Gasteiger partial charge in [-0.1, -0.05) is 6.92 Å². The smallest absolute Gasteiger partial charge is 0.286 e. The summed E-state index contributed by atoms with van der Waals surface area (Å²) in [6, 6.07) is 3.41. The molecule has 0 radical (unpaired) electrons. The highest BCUT2D eigenvalue weighted by Gasteiger charge is 2.21. The van der Waals surface area contributed by atoms with Crippen LogP contribution in [0.5, 0.6) is 0 Å². The zero-order valence-electron chi connectivity index (χ0n) is 9.61. The summed E-state index contributed by atoms with van der Waals surface area (Å²) < 4.78 is 5.03. The van der Waals surface area contributed by atoms with Crippen LogP contribution in [0.4, 0.5) is 0 Å². The average molecular weight is 222 g/mol. The van der Waals surface area contributed by atoms with Crippen LogP contribution in [-0.4, -0.2) is 37.0 Å². The molecule has 1 saturated heterocycles. The number of hydrogen-bond donors (Lipinski definition) is 1. The van der Waals surface area contributed by atoms with Gasteiger partial charge in [0.25, 0.3) is 5.91 Å². The van der Waals surface area contributed by atoms with Gasteiger partial charge in [-0.3, -0.25) is 4.79 Å². The van der Waals surface area contributed by atoms with Gasteiger partial charge in [0.15, 0.2) is 5.76 Å². The van der Waals surface area contributed by atoms with Crippen molar-refractivity contribution in [1.82, 2.24) is 10.2 Å². The highest BCUT2D eigenvalue weighted by atomic mass is 16.3. The van der Waals surface area contributed by atoms with Crippen molar-refractivity contribution in [3.05, 3.63) is 24.2 Å². The summed E-state index contributed by atoms with van der Waals surface area (Å²) >= 11 is 0. The molecule has 2 heterocycles. The molecule has 0 spiro atoms. The number of hydrogen-bond acceptors (Lipinski definition) is 3. The van der Waals surface area contributed by atoms with E-state index in [1.807, 2.05) is 0 Å². The maximum atomic E-state index is 11.6. The first-order valence-corrected chi connectivity index (χ1v) is 5.83. The van der Waals surface area contributed by atoms with Crippen molar-refractivity contribution in [3.63, 3.8) is 0 Å². The summed E-state index contributed by atoms with van der Waals surface area (Å²) in [5.41, 5.74) is 0. The molecule has 0 aliphatic carbocycles. The third kappa shape index (κ3) is 2.64. The molecule has 1 atom stereocenters. The quantitative estimate of drug-likeness (QED) is 0.836. The summed E-state index contributed by atoms with van der Waals surface area (Å²) in [7, 11) is 0. The van der Waals surface area contributed by atoms with Crippen molar-refractivity contribution >= 4 is 5.91 Å². The van der Waals surface area contributed by atoms with E-state index >= 15 is 0 Å². The van der Waals surface area contributed by atoms with Gasteiger partial charge in [0.1, 0.15) is 0 Å². The van der Waals surface area contributed by atoms with Crippen LogP contribution in [0.3, 0.4) is 0 Å². The van der Waals surface area contributed by atoms with E-state index in [4.69, 9.17) is 4.42 Å². The highest BCUT2D eigenvalue weighted by molar-refractivity contribution is 5.91. The maximum Gasteiger partial charge on any atom is 0.286 e. The van der Waals surface area contributed by atoms with Gasteiger partial charge in [-0.05, 0) is 37.6 Å². The van der Waals surface area contributed by atoms with Crippen LogP contribution in [0.25, 0.3) is 0 Å². The summed E-state index contributed by atoms with van der Waals surface area (Å²) in [6.07, 6.45) is 2.69. The van der Waals surface area contributed by atoms with E-state index in [-0.39, 0.29) is 5.91 Å². The third-order valence-corrected chi connectivity index (χ3v) is 3.11. The molecular formula is C12H18N2O2. The van der Waals surface area contributed by atoms with E-state index in [1.54, 1.807) is 12.1 Å². The van der Waals surface area contributed by atoms with Gasteiger partial charge in [0, 0.05) is 13.1 Å². The summed E-state index contributed by atoms with van der Waals surface area (Å²) in [6.45, 7) is 6.26. The Balaban J connectivity index is 1.74. The van der Waals surface area contributed by atoms with Gasteiger partial charge < -0.3 is 14.6 Å². The second kappa shape index (κ2) is 5.16. The second-order valence-electron chi connectivity index (χ2n) is 4.24.